The lowest BCUT2D eigenvalue weighted by Gasteiger charge is -2.34. The third-order valence-corrected chi connectivity index (χ3v) is 5.18. The second kappa shape index (κ2) is 9.23. The fourth-order valence-electron chi connectivity index (χ4n) is 2.99. The van der Waals surface area contributed by atoms with Gasteiger partial charge in [0.25, 0.3) is 11.6 Å². The van der Waals surface area contributed by atoms with Gasteiger partial charge in [-0.3, -0.25) is 19.8 Å². The van der Waals surface area contributed by atoms with E-state index in [-0.39, 0.29) is 22.2 Å². The van der Waals surface area contributed by atoms with Gasteiger partial charge in [-0.15, -0.1) is 0 Å². The van der Waals surface area contributed by atoms with Crippen molar-refractivity contribution in [2.24, 2.45) is 0 Å². The number of para-hydroxylation sites is 1. The molecule has 0 N–H and O–H groups in total. The molecule has 9 heteroatoms. The van der Waals surface area contributed by atoms with Gasteiger partial charge in [0.2, 0.25) is 0 Å². The summed E-state index contributed by atoms with van der Waals surface area (Å²) in [5, 5.41) is 11.6. The molecule has 0 bridgehead atoms. The predicted octanol–water partition coefficient (Wildman–Crippen LogP) is 3.74. The molecule has 1 aliphatic rings. The van der Waals surface area contributed by atoms with Crippen molar-refractivity contribution in [2.75, 3.05) is 39.3 Å². The first kappa shape index (κ1) is 20.4. The van der Waals surface area contributed by atoms with Gasteiger partial charge in [0, 0.05) is 44.4 Å². The zero-order chi connectivity index (χ0) is 20.1. The molecule has 7 nitrogen and oxygen atoms in total. The van der Waals surface area contributed by atoms with E-state index in [9.17, 15) is 14.9 Å². The van der Waals surface area contributed by atoms with E-state index in [0.717, 1.165) is 6.54 Å². The highest BCUT2D eigenvalue weighted by Gasteiger charge is 2.24. The highest BCUT2D eigenvalue weighted by Crippen LogP contribution is 2.26. The van der Waals surface area contributed by atoms with Crippen molar-refractivity contribution < 1.29 is 14.5 Å². The maximum atomic E-state index is 12.6. The number of nitro benzene ring substituents is 1. The van der Waals surface area contributed by atoms with Crippen molar-refractivity contribution in [2.45, 2.75) is 0 Å². The lowest BCUT2D eigenvalue weighted by atomic mass is 10.1. The van der Waals surface area contributed by atoms with Crippen LogP contribution in [0.15, 0.2) is 42.5 Å². The number of halogens is 2. The fraction of sp³-hybridized carbons (Fsp3) is 0.316. The Balaban J connectivity index is 1.50. The number of nitro groups is 1. The van der Waals surface area contributed by atoms with E-state index in [1.54, 1.807) is 11.0 Å². The SMILES string of the molecule is O=C(c1ccc(Cl)c([N+](=O)[O-])c1)N1CCN(CCOc2ccccc2Cl)CC1. The minimum atomic E-state index is -0.587. The molecule has 1 heterocycles. The molecule has 0 aliphatic carbocycles. The zero-order valence-corrected chi connectivity index (χ0v) is 16.5. The summed E-state index contributed by atoms with van der Waals surface area (Å²) in [4.78, 5) is 26.9. The van der Waals surface area contributed by atoms with Gasteiger partial charge < -0.3 is 9.64 Å². The molecule has 0 radical (unpaired) electrons. The van der Waals surface area contributed by atoms with Crippen molar-refractivity contribution in [1.82, 2.24) is 9.80 Å². The summed E-state index contributed by atoms with van der Waals surface area (Å²) in [5.74, 6) is 0.425. The molecule has 1 saturated heterocycles. The summed E-state index contributed by atoms with van der Waals surface area (Å²) >= 11 is 11.9. The standard InChI is InChI=1S/C19H19Cl2N3O4/c20-15-6-5-14(13-17(15)24(26)27)19(25)23-9-7-22(8-10-23)11-12-28-18-4-2-1-3-16(18)21/h1-6,13H,7-12H2. The van der Waals surface area contributed by atoms with Crippen LogP contribution >= 0.6 is 23.2 Å². The summed E-state index contributed by atoms with van der Waals surface area (Å²) in [5.41, 5.74) is 0.00877. The van der Waals surface area contributed by atoms with E-state index < -0.39 is 4.92 Å². The average Bonchev–Trinajstić information content (AvgIpc) is 2.69. The number of piperazine rings is 1. The van der Waals surface area contributed by atoms with Gasteiger partial charge in [0.1, 0.15) is 17.4 Å². The maximum absolute atomic E-state index is 12.6. The van der Waals surface area contributed by atoms with Crippen LogP contribution in [0, 0.1) is 10.1 Å². The molecule has 0 saturated carbocycles. The number of nitrogens with zero attached hydrogens (tertiary/aromatic N) is 3. The molecule has 1 amide bonds. The summed E-state index contributed by atoms with van der Waals surface area (Å²) < 4.78 is 5.70. The Bertz CT molecular complexity index is 870. The van der Waals surface area contributed by atoms with Crippen LogP contribution in [0.2, 0.25) is 10.0 Å². The summed E-state index contributed by atoms with van der Waals surface area (Å²) in [6, 6.07) is 11.4. The number of hydrogen-bond donors (Lipinski definition) is 0. The smallest absolute Gasteiger partial charge is 0.288 e. The van der Waals surface area contributed by atoms with Crippen LogP contribution in [0.1, 0.15) is 10.4 Å². The van der Waals surface area contributed by atoms with Gasteiger partial charge in [0.05, 0.1) is 9.95 Å². The normalized spacial score (nSPS) is 14.7. The molecular weight excluding hydrogens is 405 g/mol. The van der Waals surface area contributed by atoms with Crippen molar-refractivity contribution in [3.05, 3.63) is 68.2 Å². The largest absolute Gasteiger partial charge is 0.491 e. The lowest BCUT2D eigenvalue weighted by molar-refractivity contribution is -0.384. The highest BCUT2D eigenvalue weighted by molar-refractivity contribution is 6.32. The Morgan fingerprint density at radius 3 is 2.46 bits per heavy atom. The lowest BCUT2D eigenvalue weighted by Crippen LogP contribution is -2.49. The Labute approximate surface area is 172 Å². The molecule has 148 valence electrons. The number of hydrogen-bond acceptors (Lipinski definition) is 5. The van der Waals surface area contributed by atoms with Crippen LogP contribution in [-0.4, -0.2) is 60.0 Å². The average molecular weight is 424 g/mol. The quantitative estimate of drug-likeness (QED) is 0.522. The summed E-state index contributed by atoms with van der Waals surface area (Å²) in [6.45, 7) is 3.71. The topological polar surface area (TPSA) is 75.9 Å². The molecule has 0 aromatic heterocycles. The van der Waals surface area contributed by atoms with Gasteiger partial charge in [-0.2, -0.15) is 0 Å². The Morgan fingerprint density at radius 1 is 1.07 bits per heavy atom. The first-order valence-electron chi connectivity index (χ1n) is 8.78. The second-order valence-corrected chi connectivity index (χ2v) is 7.15. The predicted molar refractivity (Wildman–Crippen MR) is 107 cm³/mol. The number of amides is 1. The Kier molecular flexibility index (Phi) is 6.72. The zero-order valence-electron chi connectivity index (χ0n) is 15.0. The monoisotopic (exact) mass is 423 g/mol. The van der Waals surface area contributed by atoms with Crippen LogP contribution in [0.5, 0.6) is 5.75 Å². The van der Waals surface area contributed by atoms with Crippen molar-refractivity contribution >= 4 is 34.8 Å². The maximum Gasteiger partial charge on any atom is 0.288 e. The number of carbonyl (C=O) groups excluding carboxylic acids is 1. The molecule has 0 spiro atoms. The number of carbonyl (C=O) groups is 1. The van der Waals surface area contributed by atoms with Crippen molar-refractivity contribution in [3.8, 4) is 5.75 Å². The van der Waals surface area contributed by atoms with E-state index in [1.165, 1.54) is 18.2 Å². The van der Waals surface area contributed by atoms with Gasteiger partial charge in [-0.1, -0.05) is 35.3 Å². The van der Waals surface area contributed by atoms with Crippen molar-refractivity contribution in [3.63, 3.8) is 0 Å². The van der Waals surface area contributed by atoms with E-state index in [2.05, 4.69) is 4.90 Å². The molecule has 3 rings (SSSR count). The van der Waals surface area contributed by atoms with Gasteiger partial charge >= 0.3 is 0 Å². The third kappa shape index (κ3) is 4.92. The molecule has 1 fully saturated rings. The van der Waals surface area contributed by atoms with Crippen LogP contribution in [-0.2, 0) is 0 Å². The molecule has 2 aromatic carbocycles. The molecular formula is C19H19Cl2N3O4. The molecule has 0 atom stereocenters. The molecule has 2 aromatic rings. The minimum absolute atomic E-state index is 0.0184. The molecule has 1 aliphatic heterocycles. The van der Waals surface area contributed by atoms with Crippen molar-refractivity contribution in [1.29, 1.82) is 0 Å². The second-order valence-electron chi connectivity index (χ2n) is 6.34. The van der Waals surface area contributed by atoms with Crippen LogP contribution in [0.3, 0.4) is 0 Å². The minimum Gasteiger partial charge on any atom is -0.491 e. The number of ether oxygens (including phenoxy) is 1. The van der Waals surface area contributed by atoms with Crippen LogP contribution in [0.25, 0.3) is 0 Å². The van der Waals surface area contributed by atoms with E-state index >= 15 is 0 Å². The first-order valence-corrected chi connectivity index (χ1v) is 9.54. The van der Waals surface area contributed by atoms with E-state index in [0.29, 0.717) is 43.6 Å². The van der Waals surface area contributed by atoms with Gasteiger partial charge in [0.15, 0.2) is 0 Å². The van der Waals surface area contributed by atoms with Crippen LogP contribution < -0.4 is 4.74 Å². The van der Waals surface area contributed by atoms with E-state index in [4.69, 9.17) is 27.9 Å². The molecule has 28 heavy (non-hydrogen) atoms. The van der Waals surface area contributed by atoms with E-state index in [1.807, 2.05) is 18.2 Å². The number of rotatable bonds is 6. The summed E-state index contributed by atoms with van der Waals surface area (Å²) in [7, 11) is 0. The third-order valence-electron chi connectivity index (χ3n) is 4.55. The summed E-state index contributed by atoms with van der Waals surface area (Å²) in [6.07, 6.45) is 0. The van der Waals surface area contributed by atoms with Gasteiger partial charge in [-0.05, 0) is 24.3 Å². The first-order chi connectivity index (χ1) is 13.5. The van der Waals surface area contributed by atoms with Gasteiger partial charge in [-0.25, -0.2) is 0 Å². The Morgan fingerprint density at radius 2 is 1.79 bits per heavy atom. The fourth-order valence-corrected chi connectivity index (χ4v) is 3.37. The molecule has 0 unspecified atom stereocenters. The van der Waals surface area contributed by atoms with Crippen LogP contribution in [0.4, 0.5) is 5.69 Å². The highest BCUT2D eigenvalue weighted by atomic mass is 35.5. The number of benzene rings is 2. The Hall–Kier alpha value is -2.35.